The number of hydrogen-bond donors (Lipinski definition) is 1. The van der Waals surface area contributed by atoms with E-state index in [1.165, 1.54) is 0 Å². The maximum atomic E-state index is 12.2. The summed E-state index contributed by atoms with van der Waals surface area (Å²) in [5.74, 6) is -0.817. The van der Waals surface area contributed by atoms with Crippen LogP contribution in [0.1, 0.15) is 17.3 Å². The number of aromatic amines is 1. The second-order valence-electron chi connectivity index (χ2n) is 5.89. The average molecular weight is 359 g/mol. The summed E-state index contributed by atoms with van der Waals surface area (Å²) in [6, 6.07) is 7.38. The number of nitrogens with zero attached hydrogens (tertiary/aromatic N) is 2. The average Bonchev–Trinajstić information content (AvgIpc) is 3.10. The second kappa shape index (κ2) is 7.90. The summed E-state index contributed by atoms with van der Waals surface area (Å²) in [5.41, 5.74) is 1.24. The number of aromatic nitrogens is 1. The van der Waals surface area contributed by atoms with E-state index in [9.17, 15) is 14.4 Å². The molecule has 0 radical (unpaired) electrons. The van der Waals surface area contributed by atoms with E-state index in [0.29, 0.717) is 38.3 Å². The lowest BCUT2D eigenvalue weighted by molar-refractivity contribution is -0.136. The molecular formula is C18H21N3O5. The molecule has 0 aliphatic carbocycles. The number of amides is 2. The highest BCUT2D eigenvalue weighted by molar-refractivity contribution is 6.04. The first-order valence-corrected chi connectivity index (χ1v) is 8.53. The number of esters is 1. The summed E-state index contributed by atoms with van der Waals surface area (Å²) in [6.07, 6.45) is 1.21. The summed E-state index contributed by atoms with van der Waals surface area (Å²) >= 11 is 0. The Morgan fingerprint density at radius 1 is 1.04 bits per heavy atom. The van der Waals surface area contributed by atoms with Crippen molar-refractivity contribution in [3.63, 3.8) is 0 Å². The Kier molecular flexibility index (Phi) is 5.40. The molecule has 1 fully saturated rings. The third-order valence-electron chi connectivity index (χ3n) is 4.29. The normalized spacial score (nSPS) is 14.3. The zero-order chi connectivity index (χ0) is 18.5. The van der Waals surface area contributed by atoms with Crippen LogP contribution in [0.15, 0.2) is 30.5 Å². The lowest BCUT2D eigenvalue weighted by atomic mass is 10.2. The predicted octanol–water partition coefficient (Wildman–Crippen LogP) is 1.63. The van der Waals surface area contributed by atoms with Crippen molar-refractivity contribution in [1.82, 2.24) is 14.8 Å². The smallest absolute Gasteiger partial charge is 0.409 e. The molecule has 1 N–H and O–H groups in total. The molecule has 0 saturated carbocycles. The number of fused-ring (bicyclic) bond motifs is 1. The van der Waals surface area contributed by atoms with E-state index in [1.54, 1.807) is 22.9 Å². The molecular weight excluding hydrogens is 338 g/mol. The maximum Gasteiger partial charge on any atom is 0.409 e. The van der Waals surface area contributed by atoms with Crippen LogP contribution in [-0.2, 0) is 14.3 Å². The molecule has 0 unspecified atom stereocenters. The molecule has 1 aliphatic rings. The molecule has 3 rings (SSSR count). The lowest BCUT2D eigenvalue weighted by Gasteiger charge is -2.33. The standard InChI is InChI=1S/C18H21N3O5/c1-2-25-18(24)21-9-7-20(8-10-21)16(22)12-26-17(23)14-11-19-15-6-4-3-5-13(14)15/h3-6,11,19H,2,7-10,12H2,1H3. The predicted molar refractivity (Wildman–Crippen MR) is 93.8 cm³/mol. The Balaban J connectivity index is 1.50. The number of piperazine rings is 1. The highest BCUT2D eigenvalue weighted by Crippen LogP contribution is 2.18. The fourth-order valence-corrected chi connectivity index (χ4v) is 2.89. The van der Waals surface area contributed by atoms with E-state index >= 15 is 0 Å². The summed E-state index contributed by atoms with van der Waals surface area (Å²) in [6.45, 7) is 3.34. The van der Waals surface area contributed by atoms with Gasteiger partial charge in [-0.15, -0.1) is 0 Å². The molecule has 8 heteroatoms. The van der Waals surface area contributed by atoms with Crippen LogP contribution < -0.4 is 0 Å². The van der Waals surface area contributed by atoms with Gasteiger partial charge in [0, 0.05) is 43.3 Å². The lowest BCUT2D eigenvalue weighted by Crippen LogP contribution is -2.51. The summed E-state index contributed by atoms with van der Waals surface area (Å²) in [5, 5.41) is 0.757. The zero-order valence-electron chi connectivity index (χ0n) is 14.6. The van der Waals surface area contributed by atoms with Gasteiger partial charge < -0.3 is 24.3 Å². The number of H-pyrrole nitrogens is 1. The highest BCUT2D eigenvalue weighted by Gasteiger charge is 2.25. The van der Waals surface area contributed by atoms with Gasteiger partial charge in [-0.1, -0.05) is 18.2 Å². The van der Waals surface area contributed by atoms with Crippen molar-refractivity contribution in [3.8, 4) is 0 Å². The number of nitrogens with one attached hydrogen (secondary N) is 1. The Bertz CT molecular complexity index is 808. The SMILES string of the molecule is CCOC(=O)N1CCN(C(=O)COC(=O)c2c[nH]c3ccccc23)CC1. The van der Waals surface area contributed by atoms with Gasteiger partial charge in [-0.25, -0.2) is 9.59 Å². The number of carbonyl (C=O) groups is 3. The van der Waals surface area contributed by atoms with E-state index in [0.717, 1.165) is 10.9 Å². The van der Waals surface area contributed by atoms with E-state index in [-0.39, 0.29) is 18.6 Å². The van der Waals surface area contributed by atoms with Crippen molar-refractivity contribution in [2.24, 2.45) is 0 Å². The first kappa shape index (κ1) is 17.8. The van der Waals surface area contributed by atoms with E-state index in [2.05, 4.69) is 4.98 Å². The molecule has 0 spiro atoms. The Hall–Kier alpha value is -3.03. The van der Waals surface area contributed by atoms with Gasteiger partial charge in [0.1, 0.15) is 0 Å². The molecule has 0 bridgehead atoms. The van der Waals surface area contributed by atoms with Gasteiger partial charge in [-0.2, -0.15) is 0 Å². The first-order chi connectivity index (χ1) is 12.6. The molecule has 8 nitrogen and oxygen atoms in total. The number of carbonyl (C=O) groups excluding carboxylic acids is 3. The molecule has 1 aliphatic heterocycles. The highest BCUT2D eigenvalue weighted by atomic mass is 16.6. The largest absolute Gasteiger partial charge is 0.452 e. The molecule has 1 aromatic heterocycles. The molecule has 1 saturated heterocycles. The Labute approximate surface area is 150 Å². The molecule has 2 heterocycles. The molecule has 26 heavy (non-hydrogen) atoms. The van der Waals surface area contributed by atoms with E-state index in [4.69, 9.17) is 9.47 Å². The van der Waals surface area contributed by atoms with Crippen molar-refractivity contribution >= 4 is 28.9 Å². The number of rotatable bonds is 4. The third-order valence-corrected chi connectivity index (χ3v) is 4.29. The van der Waals surface area contributed by atoms with E-state index in [1.807, 2.05) is 24.3 Å². The molecule has 2 amide bonds. The quantitative estimate of drug-likeness (QED) is 0.838. The van der Waals surface area contributed by atoms with Gasteiger partial charge in [0.25, 0.3) is 5.91 Å². The van der Waals surface area contributed by atoms with Gasteiger partial charge in [0.15, 0.2) is 6.61 Å². The van der Waals surface area contributed by atoms with Gasteiger partial charge in [-0.05, 0) is 13.0 Å². The summed E-state index contributed by atoms with van der Waals surface area (Å²) in [4.78, 5) is 42.3. The van der Waals surface area contributed by atoms with Crippen LogP contribution in [0.4, 0.5) is 4.79 Å². The van der Waals surface area contributed by atoms with Crippen molar-refractivity contribution in [2.75, 3.05) is 39.4 Å². The summed E-state index contributed by atoms with van der Waals surface area (Å²) < 4.78 is 10.1. The van der Waals surface area contributed by atoms with Crippen molar-refractivity contribution in [3.05, 3.63) is 36.0 Å². The monoisotopic (exact) mass is 359 g/mol. The Morgan fingerprint density at radius 3 is 2.46 bits per heavy atom. The van der Waals surface area contributed by atoms with Crippen LogP contribution in [0.5, 0.6) is 0 Å². The topological polar surface area (TPSA) is 91.9 Å². The number of ether oxygens (including phenoxy) is 2. The Morgan fingerprint density at radius 2 is 1.73 bits per heavy atom. The second-order valence-corrected chi connectivity index (χ2v) is 5.89. The van der Waals surface area contributed by atoms with Crippen molar-refractivity contribution in [1.29, 1.82) is 0 Å². The van der Waals surface area contributed by atoms with Crippen LogP contribution in [0, 0.1) is 0 Å². The van der Waals surface area contributed by atoms with Crippen molar-refractivity contribution < 1.29 is 23.9 Å². The third kappa shape index (κ3) is 3.79. The van der Waals surface area contributed by atoms with Crippen LogP contribution >= 0.6 is 0 Å². The van der Waals surface area contributed by atoms with Crippen LogP contribution in [0.2, 0.25) is 0 Å². The zero-order valence-corrected chi connectivity index (χ0v) is 14.6. The summed E-state index contributed by atoms with van der Waals surface area (Å²) in [7, 11) is 0. The van der Waals surface area contributed by atoms with Gasteiger partial charge in [-0.3, -0.25) is 4.79 Å². The first-order valence-electron chi connectivity index (χ1n) is 8.53. The number of hydrogen-bond acceptors (Lipinski definition) is 5. The van der Waals surface area contributed by atoms with Crippen molar-refractivity contribution in [2.45, 2.75) is 6.92 Å². The van der Waals surface area contributed by atoms with Crippen LogP contribution in [-0.4, -0.2) is 72.1 Å². The minimum atomic E-state index is -0.541. The molecule has 1 aromatic carbocycles. The van der Waals surface area contributed by atoms with E-state index < -0.39 is 5.97 Å². The van der Waals surface area contributed by atoms with Gasteiger partial charge >= 0.3 is 12.1 Å². The number of para-hydroxylation sites is 1. The van der Waals surface area contributed by atoms with Crippen LogP contribution in [0.3, 0.4) is 0 Å². The minimum absolute atomic E-state index is 0.276. The number of benzene rings is 1. The minimum Gasteiger partial charge on any atom is -0.452 e. The fourth-order valence-electron chi connectivity index (χ4n) is 2.89. The molecule has 0 atom stereocenters. The van der Waals surface area contributed by atoms with Crippen LogP contribution in [0.25, 0.3) is 10.9 Å². The molecule has 2 aromatic rings. The maximum absolute atomic E-state index is 12.2. The van der Waals surface area contributed by atoms with Gasteiger partial charge in [0.2, 0.25) is 0 Å². The van der Waals surface area contributed by atoms with Gasteiger partial charge in [0.05, 0.1) is 12.2 Å². The fraction of sp³-hybridized carbons (Fsp3) is 0.389. The molecule has 138 valence electrons.